The summed E-state index contributed by atoms with van der Waals surface area (Å²) in [6.45, 7) is 15.7. The minimum Gasteiger partial charge on any atom is -0.103 e. The molecule has 0 aliphatic carbocycles. The van der Waals surface area contributed by atoms with E-state index in [0.29, 0.717) is 0 Å². The number of benzene rings is 1. The molecule has 0 unspecified atom stereocenters. The predicted molar refractivity (Wildman–Crippen MR) is 86.9 cm³/mol. The molecule has 18 heavy (non-hydrogen) atoms. The van der Waals surface area contributed by atoms with Crippen molar-refractivity contribution < 1.29 is 0 Å². The second-order valence-corrected chi connectivity index (χ2v) is 8.87. The Balaban J connectivity index is 3.37. The summed E-state index contributed by atoms with van der Waals surface area (Å²) in [6, 6.07) is 11.7. The fraction of sp³-hybridized carbons (Fsp3) is 0.176. The van der Waals surface area contributed by atoms with Crippen molar-refractivity contribution in [1.82, 2.24) is 0 Å². The second-order valence-electron chi connectivity index (χ2n) is 4.55. The van der Waals surface area contributed by atoms with Gasteiger partial charge in [0.1, 0.15) is 0 Å². The van der Waals surface area contributed by atoms with Crippen LogP contribution in [0.25, 0.3) is 6.08 Å². The van der Waals surface area contributed by atoms with E-state index >= 15 is 0 Å². The molecule has 1 rings (SSSR count). The second kappa shape index (κ2) is 6.97. The number of rotatable bonds is 8. The third-order valence-electron chi connectivity index (χ3n) is 3.36. The first-order chi connectivity index (χ1) is 8.74. The first kappa shape index (κ1) is 14.5. The van der Waals surface area contributed by atoms with Gasteiger partial charge in [-0.1, -0.05) is 60.3 Å². The van der Waals surface area contributed by atoms with E-state index < -0.39 is 8.07 Å². The van der Waals surface area contributed by atoms with Crippen LogP contribution < -0.4 is 5.19 Å². The smallest absolute Gasteiger partial charge is 0.0985 e. The highest BCUT2D eigenvalue weighted by molar-refractivity contribution is 6.93. The Bertz CT molecular complexity index is 416. The predicted octanol–water partition coefficient (Wildman–Crippen LogP) is 4.54. The molecular formula is C17H22Si. The van der Waals surface area contributed by atoms with Gasteiger partial charge < -0.3 is 0 Å². The van der Waals surface area contributed by atoms with Crippen LogP contribution in [0.4, 0.5) is 0 Å². The van der Waals surface area contributed by atoms with Gasteiger partial charge in [-0.05, 0) is 23.7 Å². The zero-order valence-electron chi connectivity index (χ0n) is 11.1. The Hall–Kier alpha value is -1.60. The Morgan fingerprint density at radius 3 is 1.78 bits per heavy atom. The molecule has 0 fully saturated rings. The van der Waals surface area contributed by atoms with Crippen LogP contribution in [0.3, 0.4) is 0 Å². The summed E-state index contributed by atoms with van der Waals surface area (Å²) in [4.78, 5) is 0. The molecule has 1 aromatic carbocycles. The van der Waals surface area contributed by atoms with Crippen LogP contribution in [0.5, 0.6) is 0 Å². The molecule has 0 heterocycles. The zero-order chi connectivity index (χ0) is 13.4. The summed E-state index contributed by atoms with van der Waals surface area (Å²) < 4.78 is 0. The van der Waals surface area contributed by atoms with Gasteiger partial charge in [0, 0.05) is 0 Å². The molecule has 0 amide bonds. The van der Waals surface area contributed by atoms with E-state index in [0.717, 1.165) is 18.1 Å². The van der Waals surface area contributed by atoms with Crippen molar-refractivity contribution in [2.75, 3.05) is 0 Å². The molecular weight excluding hydrogens is 232 g/mol. The number of hydrogen-bond donors (Lipinski definition) is 0. The van der Waals surface area contributed by atoms with E-state index in [-0.39, 0.29) is 0 Å². The molecule has 0 spiro atoms. The van der Waals surface area contributed by atoms with Gasteiger partial charge in [0.05, 0.1) is 8.07 Å². The molecule has 94 valence electrons. The zero-order valence-corrected chi connectivity index (χ0v) is 12.1. The largest absolute Gasteiger partial charge is 0.103 e. The standard InChI is InChI=1S/C17H22Si/c1-5-13-18(14-6-2,15-7-3)17-12-10-9-11-16(17)8-4/h5-12H,1-4,13-15H2. The van der Waals surface area contributed by atoms with Crippen LogP contribution in [0.2, 0.25) is 18.1 Å². The van der Waals surface area contributed by atoms with Gasteiger partial charge in [0.2, 0.25) is 0 Å². The normalized spacial score (nSPS) is 10.7. The van der Waals surface area contributed by atoms with Gasteiger partial charge in [-0.2, -0.15) is 0 Å². The molecule has 0 radical (unpaired) electrons. The first-order valence-electron chi connectivity index (χ1n) is 6.28. The average Bonchev–Trinajstić information content (AvgIpc) is 2.39. The van der Waals surface area contributed by atoms with Gasteiger partial charge in [0.25, 0.3) is 0 Å². The SMILES string of the molecule is C=CC[Si](CC=C)(CC=C)c1ccccc1C=C. The molecule has 0 nitrogen and oxygen atoms in total. The Labute approximate surface area is 112 Å². The highest BCUT2D eigenvalue weighted by Crippen LogP contribution is 2.24. The quantitative estimate of drug-likeness (QED) is 0.472. The van der Waals surface area contributed by atoms with E-state index in [4.69, 9.17) is 0 Å². The van der Waals surface area contributed by atoms with Crippen LogP contribution in [-0.4, -0.2) is 8.07 Å². The molecule has 1 aromatic rings. The lowest BCUT2D eigenvalue weighted by Crippen LogP contribution is -2.47. The fourth-order valence-electron chi connectivity index (χ4n) is 2.57. The summed E-state index contributed by atoms with van der Waals surface area (Å²) in [5, 5.41) is 1.44. The number of hydrogen-bond acceptors (Lipinski definition) is 0. The van der Waals surface area contributed by atoms with Crippen molar-refractivity contribution in [3.63, 3.8) is 0 Å². The first-order valence-corrected chi connectivity index (χ1v) is 8.91. The maximum Gasteiger partial charge on any atom is 0.0985 e. The lowest BCUT2D eigenvalue weighted by Gasteiger charge is -2.31. The van der Waals surface area contributed by atoms with Gasteiger partial charge in [-0.15, -0.1) is 19.7 Å². The molecule has 0 aromatic heterocycles. The third kappa shape index (κ3) is 2.99. The molecule has 0 aliphatic rings. The minimum atomic E-state index is -1.66. The van der Waals surface area contributed by atoms with Gasteiger partial charge in [-0.3, -0.25) is 0 Å². The highest BCUT2D eigenvalue weighted by Gasteiger charge is 2.32. The maximum atomic E-state index is 3.93. The van der Waals surface area contributed by atoms with Crippen molar-refractivity contribution in [1.29, 1.82) is 0 Å². The van der Waals surface area contributed by atoms with Crippen LogP contribution in [0.15, 0.2) is 68.8 Å². The summed E-state index contributed by atoms with van der Waals surface area (Å²) in [5.74, 6) is 0. The Morgan fingerprint density at radius 2 is 1.33 bits per heavy atom. The lowest BCUT2D eigenvalue weighted by atomic mass is 10.2. The van der Waals surface area contributed by atoms with E-state index in [1.807, 2.05) is 24.3 Å². The summed E-state index contributed by atoms with van der Waals surface area (Å²) in [5.41, 5.74) is 1.25. The topological polar surface area (TPSA) is 0 Å². The van der Waals surface area contributed by atoms with Crippen molar-refractivity contribution >= 4 is 19.3 Å². The van der Waals surface area contributed by atoms with E-state index in [1.165, 1.54) is 10.8 Å². The van der Waals surface area contributed by atoms with E-state index in [1.54, 1.807) is 0 Å². The van der Waals surface area contributed by atoms with Crippen molar-refractivity contribution in [3.05, 3.63) is 74.4 Å². The molecule has 0 aliphatic heterocycles. The van der Waals surface area contributed by atoms with Crippen molar-refractivity contribution in [2.45, 2.75) is 18.1 Å². The summed E-state index contributed by atoms with van der Waals surface area (Å²) >= 11 is 0. The lowest BCUT2D eigenvalue weighted by molar-refractivity contribution is 1.38. The van der Waals surface area contributed by atoms with E-state index in [2.05, 4.69) is 50.6 Å². The van der Waals surface area contributed by atoms with Crippen LogP contribution >= 0.6 is 0 Å². The van der Waals surface area contributed by atoms with Crippen LogP contribution in [0, 0.1) is 0 Å². The molecule has 0 saturated heterocycles. The highest BCUT2D eigenvalue weighted by atomic mass is 28.3. The Kier molecular flexibility index (Phi) is 5.60. The van der Waals surface area contributed by atoms with Crippen molar-refractivity contribution in [3.8, 4) is 0 Å². The van der Waals surface area contributed by atoms with Gasteiger partial charge in [-0.25, -0.2) is 0 Å². The molecule has 0 saturated carbocycles. The minimum absolute atomic E-state index is 1.05. The van der Waals surface area contributed by atoms with Gasteiger partial charge >= 0.3 is 0 Å². The van der Waals surface area contributed by atoms with Gasteiger partial charge in [0.15, 0.2) is 0 Å². The molecule has 1 heteroatoms. The molecule has 0 bridgehead atoms. The molecule has 0 atom stereocenters. The molecule has 0 N–H and O–H groups in total. The summed E-state index contributed by atoms with van der Waals surface area (Å²) in [6.07, 6.45) is 8.07. The van der Waals surface area contributed by atoms with Crippen LogP contribution in [-0.2, 0) is 0 Å². The van der Waals surface area contributed by atoms with E-state index in [9.17, 15) is 0 Å². The van der Waals surface area contributed by atoms with Crippen molar-refractivity contribution in [2.24, 2.45) is 0 Å². The fourth-order valence-corrected chi connectivity index (χ4v) is 6.63. The van der Waals surface area contributed by atoms with Crippen LogP contribution in [0.1, 0.15) is 5.56 Å². The third-order valence-corrected chi connectivity index (χ3v) is 8.17. The Morgan fingerprint density at radius 1 is 0.833 bits per heavy atom. The average molecular weight is 254 g/mol. The summed E-state index contributed by atoms with van der Waals surface area (Å²) in [7, 11) is -1.66. The monoisotopic (exact) mass is 254 g/mol. The number of allylic oxidation sites excluding steroid dienone is 3. The maximum absolute atomic E-state index is 3.93.